The quantitative estimate of drug-likeness (QED) is 0.576. The highest BCUT2D eigenvalue weighted by atomic mass is 32.2. The third-order valence-corrected chi connectivity index (χ3v) is 7.08. The topological polar surface area (TPSA) is 93.5 Å². The molecule has 3 aliphatic heterocycles. The van der Waals surface area contributed by atoms with Crippen LogP contribution in [-0.2, 0) is 27.3 Å². The van der Waals surface area contributed by atoms with Crippen molar-refractivity contribution in [3.63, 3.8) is 0 Å². The minimum atomic E-state index is -0.284. The van der Waals surface area contributed by atoms with E-state index in [0.29, 0.717) is 18.4 Å². The number of thioether (sulfide) groups is 1. The number of rotatable bonds is 3. The number of fused-ring (bicyclic) bond motifs is 8. The van der Waals surface area contributed by atoms with E-state index in [0.717, 1.165) is 17.4 Å². The molecule has 0 bridgehead atoms. The van der Waals surface area contributed by atoms with Gasteiger partial charge in [0.25, 0.3) is 0 Å². The van der Waals surface area contributed by atoms with Gasteiger partial charge in [0, 0.05) is 16.9 Å². The first kappa shape index (κ1) is 17.4. The van der Waals surface area contributed by atoms with Crippen molar-refractivity contribution in [2.75, 3.05) is 24.5 Å². The molecule has 2 aromatic rings. The summed E-state index contributed by atoms with van der Waals surface area (Å²) in [5.74, 6) is 0.636. The first-order valence-electron chi connectivity index (χ1n) is 8.68. The second-order valence-corrected chi connectivity index (χ2v) is 9.27. The molecule has 0 radical (unpaired) electrons. The zero-order valence-corrected chi connectivity index (χ0v) is 16.9. The summed E-state index contributed by atoms with van der Waals surface area (Å²) in [5, 5.41) is 16.0. The molecule has 1 atom stereocenters. The van der Waals surface area contributed by atoms with Crippen LogP contribution in [0.25, 0.3) is 5.00 Å². The molecule has 27 heavy (non-hydrogen) atoms. The van der Waals surface area contributed by atoms with Gasteiger partial charge in [-0.25, -0.2) is 9.99 Å². The third kappa shape index (κ3) is 2.68. The molecule has 11 heteroatoms. The standard InChI is InChI=1S/C16H20N6O3S2/c1-16(2)4-8-9(5-25-16)27-13-11(8)12-17-7-18-22(12)14-19-20-15(21(13)14)26-6-10(23)24-3/h12,17-18H,4-7H2,1-3H3. The molecule has 144 valence electrons. The molecule has 1 fully saturated rings. The summed E-state index contributed by atoms with van der Waals surface area (Å²) in [6, 6.07) is 0. The Morgan fingerprint density at radius 3 is 3.15 bits per heavy atom. The van der Waals surface area contributed by atoms with Gasteiger partial charge in [-0.2, -0.15) is 0 Å². The van der Waals surface area contributed by atoms with Crippen molar-refractivity contribution in [2.24, 2.45) is 0 Å². The van der Waals surface area contributed by atoms with Gasteiger partial charge in [-0.3, -0.25) is 15.1 Å². The highest BCUT2D eigenvalue weighted by molar-refractivity contribution is 7.99. The molecular formula is C16H20N6O3S2. The molecule has 2 N–H and O–H groups in total. The van der Waals surface area contributed by atoms with Crippen molar-refractivity contribution in [3.8, 4) is 5.00 Å². The number of carbonyl (C=O) groups is 1. The zero-order valence-electron chi connectivity index (χ0n) is 15.2. The van der Waals surface area contributed by atoms with Crippen LogP contribution in [0.3, 0.4) is 0 Å². The van der Waals surface area contributed by atoms with E-state index in [1.165, 1.54) is 34.9 Å². The second kappa shape index (κ2) is 6.17. The van der Waals surface area contributed by atoms with Crippen LogP contribution in [0.5, 0.6) is 0 Å². The summed E-state index contributed by atoms with van der Waals surface area (Å²) in [6.07, 6.45) is 0.881. The lowest BCUT2D eigenvalue weighted by Crippen LogP contribution is -2.40. The Morgan fingerprint density at radius 1 is 1.48 bits per heavy atom. The maximum Gasteiger partial charge on any atom is 0.316 e. The first-order chi connectivity index (χ1) is 13.0. The summed E-state index contributed by atoms with van der Waals surface area (Å²) in [5.41, 5.74) is 5.75. The van der Waals surface area contributed by atoms with Crippen molar-refractivity contribution < 1.29 is 14.3 Å². The van der Waals surface area contributed by atoms with Crippen LogP contribution in [0.4, 0.5) is 5.95 Å². The van der Waals surface area contributed by atoms with E-state index >= 15 is 0 Å². The van der Waals surface area contributed by atoms with Crippen LogP contribution in [0.2, 0.25) is 0 Å². The SMILES string of the molecule is COC(=O)CSc1nnc2n1-c1sc3c(c1C1NCNN21)CC(C)(C)OC3. The minimum absolute atomic E-state index is 0.0176. The van der Waals surface area contributed by atoms with Crippen LogP contribution in [0, 0.1) is 0 Å². The van der Waals surface area contributed by atoms with Crippen LogP contribution in [-0.4, -0.2) is 45.9 Å². The lowest BCUT2D eigenvalue weighted by Gasteiger charge is -2.34. The number of nitrogens with one attached hydrogen (secondary N) is 2. The Balaban J connectivity index is 1.63. The largest absolute Gasteiger partial charge is 0.468 e. The van der Waals surface area contributed by atoms with E-state index in [1.54, 1.807) is 11.3 Å². The second-order valence-electron chi connectivity index (χ2n) is 7.24. The fourth-order valence-electron chi connectivity index (χ4n) is 3.71. The molecule has 1 unspecified atom stereocenters. The number of anilines is 1. The lowest BCUT2D eigenvalue weighted by atomic mass is 9.92. The smallest absolute Gasteiger partial charge is 0.316 e. The predicted molar refractivity (Wildman–Crippen MR) is 101 cm³/mol. The molecule has 5 rings (SSSR count). The van der Waals surface area contributed by atoms with Crippen molar-refractivity contribution in [2.45, 2.75) is 43.8 Å². The Labute approximate surface area is 164 Å². The molecule has 3 aliphatic rings. The fraction of sp³-hybridized carbons (Fsp3) is 0.562. The van der Waals surface area contributed by atoms with Gasteiger partial charge in [0.1, 0.15) is 11.2 Å². The summed E-state index contributed by atoms with van der Waals surface area (Å²) >= 11 is 3.06. The zero-order chi connectivity index (χ0) is 18.8. The number of nitrogens with zero attached hydrogens (tertiary/aromatic N) is 4. The maximum atomic E-state index is 11.6. The summed E-state index contributed by atoms with van der Waals surface area (Å²) in [4.78, 5) is 12.8. The number of hydrogen-bond donors (Lipinski definition) is 2. The Bertz CT molecular complexity index is 924. The van der Waals surface area contributed by atoms with E-state index in [2.05, 4.69) is 34.8 Å². The van der Waals surface area contributed by atoms with Gasteiger partial charge in [0.05, 0.1) is 31.7 Å². The summed E-state index contributed by atoms with van der Waals surface area (Å²) in [6.45, 7) is 5.53. The van der Waals surface area contributed by atoms with Crippen LogP contribution in [0.15, 0.2) is 5.16 Å². The van der Waals surface area contributed by atoms with E-state index < -0.39 is 0 Å². The highest BCUT2D eigenvalue weighted by Gasteiger charge is 2.43. The van der Waals surface area contributed by atoms with E-state index in [4.69, 9.17) is 9.47 Å². The Hall–Kier alpha value is -1.66. The van der Waals surface area contributed by atoms with Gasteiger partial charge in [-0.15, -0.1) is 21.5 Å². The monoisotopic (exact) mass is 408 g/mol. The van der Waals surface area contributed by atoms with Gasteiger partial charge >= 0.3 is 5.97 Å². The van der Waals surface area contributed by atoms with Gasteiger partial charge in [-0.1, -0.05) is 11.8 Å². The van der Waals surface area contributed by atoms with Gasteiger partial charge in [0.2, 0.25) is 5.95 Å². The van der Waals surface area contributed by atoms with E-state index in [-0.39, 0.29) is 23.5 Å². The van der Waals surface area contributed by atoms with Crippen molar-refractivity contribution in [3.05, 3.63) is 16.0 Å². The number of aromatic nitrogens is 3. The molecule has 9 nitrogen and oxygen atoms in total. The van der Waals surface area contributed by atoms with Crippen LogP contribution >= 0.6 is 23.1 Å². The predicted octanol–water partition coefficient (Wildman–Crippen LogP) is 1.33. The molecule has 5 heterocycles. The van der Waals surface area contributed by atoms with Crippen LogP contribution < -0.4 is 15.8 Å². The normalized spacial score (nSPS) is 22.0. The molecule has 1 saturated heterocycles. The molecule has 0 amide bonds. The van der Waals surface area contributed by atoms with Gasteiger partial charge in [0.15, 0.2) is 5.16 Å². The molecule has 0 spiro atoms. The third-order valence-electron chi connectivity index (χ3n) is 4.97. The van der Waals surface area contributed by atoms with Gasteiger partial charge < -0.3 is 9.47 Å². The molecule has 0 saturated carbocycles. The highest BCUT2D eigenvalue weighted by Crippen LogP contribution is 2.48. The average molecular weight is 409 g/mol. The van der Waals surface area contributed by atoms with Crippen LogP contribution in [0.1, 0.15) is 36.0 Å². The van der Waals surface area contributed by atoms with Crippen molar-refractivity contribution in [1.29, 1.82) is 0 Å². The number of ether oxygens (including phenoxy) is 2. The van der Waals surface area contributed by atoms with Gasteiger partial charge in [-0.05, 0) is 19.4 Å². The molecule has 0 aromatic carbocycles. The van der Waals surface area contributed by atoms with Crippen molar-refractivity contribution in [1.82, 2.24) is 25.5 Å². The molecular weight excluding hydrogens is 388 g/mol. The number of hydrogen-bond acceptors (Lipinski definition) is 10. The number of thiophene rings is 1. The number of esters is 1. The van der Waals surface area contributed by atoms with E-state index in [1.807, 2.05) is 9.58 Å². The molecule has 2 aromatic heterocycles. The number of hydrazine groups is 1. The van der Waals surface area contributed by atoms with Crippen molar-refractivity contribution >= 4 is 35.0 Å². The number of carbonyl (C=O) groups excluding carboxylic acids is 1. The Kier molecular flexibility index (Phi) is 3.99. The maximum absolute atomic E-state index is 11.6. The molecule has 0 aliphatic carbocycles. The Morgan fingerprint density at radius 2 is 2.33 bits per heavy atom. The minimum Gasteiger partial charge on any atom is -0.468 e. The summed E-state index contributed by atoms with van der Waals surface area (Å²) < 4.78 is 12.8. The fourth-order valence-corrected chi connectivity index (χ4v) is 5.79. The number of methoxy groups -OCH3 is 1. The lowest BCUT2D eigenvalue weighted by molar-refractivity contribution is -0.137. The average Bonchev–Trinajstić information content (AvgIpc) is 3.34. The van der Waals surface area contributed by atoms with E-state index in [9.17, 15) is 4.79 Å². The first-order valence-corrected chi connectivity index (χ1v) is 10.5. The summed E-state index contributed by atoms with van der Waals surface area (Å²) in [7, 11) is 1.39.